The molecular formula is C40H90O2. The van der Waals surface area contributed by atoms with Crippen LogP contribution in [0.15, 0.2) is 0 Å². The van der Waals surface area contributed by atoms with Crippen molar-refractivity contribution >= 4 is 0 Å². The third-order valence-corrected chi connectivity index (χ3v) is 8.40. The zero-order valence-corrected chi connectivity index (χ0v) is 25.6. The Morgan fingerprint density at radius 1 is 0.143 bits per heavy atom. The van der Waals surface area contributed by atoms with Crippen molar-refractivity contribution in [1.82, 2.24) is 0 Å². The van der Waals surface area contributed by atoms with Gasteiger partial charge in [0.25, 0.3) is 0 Å². The summed E-state index contributed by atoms with van der Waals surface area (Å²) < 4.78 is 10.0. The Hall–Kier alpha value is -0.0800. The predicted octanol–water partition coefficient (Wildman–Crippen LogP) is 15.3. The molecule has 0 amide bonds. The first kappa shape index (κ1) is 51.5. The second-order valence-electron chi connectivity index (χ2n) is 12.2. The Bertz CT molecular complexity index is 277. The predicted molar refractivity (Wildman–Crippen MR) is 198 cm³/mol. The average molecular weight is 603 g/mol. The van der Waals surface area contributed by atoms with Gasteiger partial charge in [0.05, 0.1) is 0 Å². The molecule has 42 heavy (non-hydrogen) atoms. The van der Waals surface area contributed by atoms with Gasteiger partial charge in [-0.3, -0.25) is 0 Å². The van der Waals surface area contributed by atoms with Gasteiger partial charge in [0, 0.05) is 26.4 Å². The van der Waals surface area contributed by atoms with E-state index in [0.717, 1.165) is 26.4 Å². The molecule has 0 bridgehead atoms. The lowest BCUT2D eigenvalue weighted by atomic mass is 10.0. The fourth-order valence-electron chi connectivity index (χ4n) is 5.79. The van der Waals surface area contributed by atoms with E-state index in [9.17, 15) is 0 Å². The second kappa shape index (κ2) is 47.8. The van der Waals surface area contributed by atoms with Gasteiger partial charge >= 0.3 is 0 Å². The summed E-state index contributed by atoms with van der Waals surface area (Å²) in [7, 11) is 0. The first-order valence-electron chi connectivity index (χ1n) is 17.7. The van der Waals surface area contributed by atoms with Crippen LogP contribution in [0.5, 0.6) is 0 Å². The third kappa shape index (κ3) is 44.4. The average Bonchev–Trinajstić information content (AvgIpc) is 3.68. The van der Waals surface area contributed by atoms with Gasteiger partial charge in [-0.05, 0) is 32.1 Å². The van der Waals surface area contributed by atoms with Crippen LogP contribution >= 0.6 is 0 Å². The van der Waals surface area contributed by atoms with Crippen LogP contribution < -0.4 is 0 Å². The normalized spacial score (nSPS) is 21.1. The molecule has 2 heterocycles. The smallest absolute Gasteiger partial charge is 0.0466 e. The van der Waals surface area contributed by atoms with Crippen LogP contribution in [0.4, 0.5) is 0 Å². The summed E-state index contributed by atoms with van der Waals surface area (Å²) in [5.74, 6) is 0. The minimum atomic E-state index is 0. The van der Waals surface area contributed by atoms with Gasteiger partial charge in [0.1, 0.15) is 0 Å². The lowest BCUT2D eigenvalue weighted by molar-refractivity contribution is 0.0968. The van der Waals surface area contributed by atoms with Crippen molar-refractivity contribution in [3.8, 4) is 0 Å². The number of hydrogen-bond acceptors (Lipinski definition) is 2. The van der Waals surface area contributed by atoms with Gasteiger partial charge in [-0.2, -0.15) is 0 Å². The molecule has 4 saturated carbocycles. The lowest BCUT2D eigenvalue weighted by Crippen LogP contribution is -2.03. The molecule has 2 saturated heterocycles. The van der Waals surface area contributed by atoms with E-state index >= 15 is 0 Å². The van der Waals surface area contributed by atoms with E-state index in [2.05, 4.69) is 0 Å². The second-order valence-corrected chi connectivity index (χ2v) is 12.2. The molecule has 0 spiro atoms. The highest BCUT2D eigenvalue weighted by Crippen LogP contribution is 2.17. The maximum atomic E-state index is 5.07. The fourth-order valence-corrected chi connectivity index (χ4v) is 5.79. The summed E-state index contributed by atoms with van der Waals surface area (Å²) in [6, 6.07) is 0. The standard InChI is InChI=1S/C8H16.C7H14.C6H12.C5H10O.C5H10.C4H8O.5CH4/c1-2-4-6-8-7-5-3-1;1-2-4-6-7-5-3-1;2*1-2-4-6-5-3-1;2*1-2-4-5-3-1;;;;;/h1-8H2;1-7H2;1-6H2;1-5H2;1-5H2;1-4H2;5*1H4. The van der Waals surface area contributed by atoms with E-state index in [1.165, 1.54) is 199 Å². The molecule has 2 aliphatic heterocycles. The van der Waals surface area contributed by atoms with E-state index in [1.807, 2.05) is 0 Å². The molecular weight excluding hydrogens is 512 g/mol. The number of rotatable bonds is 0. The molecule has 6 fully saturated rings. The van der Waals surface area contributed by atoms with E-state index in [-0.39, 0.29) is 37.1 Å². The van der Waals surface area contributed by atoms with Gasteiger partial charge in [-0.15, -0.1) is 0 Å². The summed E-state index contributed by atoms with van der Waals surface area (Å²) in [4.78, 5) is 0. The number of ether oxygens (including phenoxy) is 2. The minimum absolute atomic E-state index is 0. The molecule has 0 N–H and O–H groups in total. The minimum Gasteiger partial charge on any atom is -0.381 e. The third-order valence-electron chi connectivity index (χ3n) is 8.40. The highest BCUT2D eigenvalue weighted by molar-refractivity contribution is 4.53. The molecule has 0 unspecified atom stereocenters. The Morgan fingerprint density at radius 2 is 0.238 bits per heavy atom. The lowest BCUT2D eigenvalue weighted by Gasteiger charge is -2.08. The molecule has 2 nitrogen and oxygen atoms in total. The summed E-state index contributed by atoms with van der Waals surface area (Å²) in [5.41, 5.74) is 0. The van der Waals surface area contributed by atoms with Gasteiger partial charge in [-0.1, -0.05) is 204 Å². The topological polar surface area (TPSA) is 18.5 Å². The molecule has 6 aliphatic rings. The Morgan fingerprint density at radius 3 is 0.310 bits per heavy atom. The van der Waals surface area contributed by atoms with E-state index < -0.39 is 0 Å². The Balaban J connectivity index is -0.000000128. The molecule has 262 valence electrons. The molecule has 0 aromatic carbocycles. The Kier molecular flexibility index (Phi) is 58.7. The fraction of sp³-hybridized carbons (Fsp3) is 1.00. The van der Waals surface area contributed by atoms with Gasteiger partial charge in [0.2, 0.25) is 0 Å². The number of hydrogen-bond donors (Lipinski definition) is 0. The zero-order valence-electron chi connectivity index (χ0n) is 25.6. The van der Waals surface area contributed by atoms with Crippen LogP contribution in [0.1, 0.15) is 236 Å². The first-order valence-corrected chi connectivity index (χ1v) is 17.7. The molecule has 0 aromatic rings. The van der Waals surface area contributed by atoms with Crippen LogP contribution in [-0.4, -0.2) is 26.4 Å². The molecule has 2 heteroatoms. The van der Waals surface area contributed by atoms with Crippen LogP contribution in [0.25, 0.3) is 0 Å². The summed E-state index contributed by atoms with van der Waals surface area (Å²) in [6.45, 7) is 4.00. The summed E-state index contributed by atoms with van der Waals surface area (Å²) >= 11 is 0. The SMILES string of the molecule is C.C.C.C.C.C1CCCC1.C1CCCCC1.C1CCCCCC1.C1CCCCCCC1.C1CCOC1.C1CCOCC1. The zero-order chi connectivity index (χ0) is 26.2. The summed E-state index contributed by atoms with van der Waals surface area (Å²) in [5, 5.41) is 0. The van der Waals surface area contributed by atoms with Crippen molar-refractivity contribution in [1.29, 1.82) is 0 Å². The molecule has 0 aromatic heterocycles. The molecule has 0 radical (unpaired) electrons. The monoisotopic (exact) mass is 603 g/mol. The van der Waals surface area contributed by atoms with Crippen LogP contribution in [0.3, 0.4) is 0 Å². The van der Waals surface area contributed by atoms with Crippen molar-refractivity contribution in [2.75, 3.05) is 26.4 Å². The highest BCUT2D eigenvalue weighted by Gasteiger charge is 1.98. The maximum absolute atomic E-state index is 5.07. The van der Waals surface area contributed by atoms with E-state index in [1.54, 1.807) is 0 Å². The largest absolute Gasteiger partial charge is 0.381 e. The maximum Gasteiger partial charge on any atom is 0.0466 e. The molecule has 0 atom stereocenters. The molecule has 4 aliphatic carbocycles. The van der Waals surface area contributed by atoms with Crippen molar-refractivity contribution in [3.05, 3.63) is 0 Å². The van der Waals surface area contributed by atoms with Crippen molar-refractivity contribution in [2.24, 2.45) is 0 Å². The van der Waals surface area contributed by atoms with Gasteiger partial charge in [0.15, 0.2) is 0 Å². The molecule has 6 rings (SSSR count). The Labute approximate surface area is 271 Å². The first-order chi connectivity index (χ1) is 18.5. The van der Waals surface area contributed by atoms with E-state index in [0.29, 0.717) is 0 Å². The van der Waals surface area contributed by atoms with Gasteiger partial charge < -0.3 is 9.47 Å². The van der Waals surface area contributed by atoms with Crippen LogP contribution in [0.2, 0.25) is 0 Å². The van der Waals surface area contributed by atoms with Crippen LogP contribution in [-0.2, 0) is 9.47 Å². The quantitative estimate of drug-likeness (QED) is 0.257. The van der Waals surface area contributed by atoms with Crippen molar-refractivity contribution < 1.29 is 9.47 Å². The van der Waals surface area contributed by atoms with Crippen molar-refractivity contribution in [3.63, 3.8) is 0 Å². The summed E-state index contributed by atoms with van der Waals surface area (Å²) in [6.07, 6.45) is 45.5. The highest BCUT2D eigenvalue weighted by atomic mass is 16.5. The van der Waals surface area contributed by atoms with Crippen molar-refractivity contribution in [2.45, 2.75) is 236 Å². The van der Waals surface area contributed by atoms with Gasteiger partial charge in [-0.25, -0.2) is 0 Å². The van der Waals surface area contributed by atoms with E-state index in [4.69, 9.17) is 9.47 Å². The van der Waals surface area contributed by atoms with Crippen LogP contribution in [0, 0.1) is 0 Å².